The predicted octanol–water partition coefficient (Wildman–Crippen LogP) is 2.20. The Kier molecular flexibility index (Phi) is 4.91. The highest BCUT2D eigenvalue weighted by molar-refractivity contribution is 7.89. The summed E-state index contributed by atoms with van der Waals surface area (Å²) in [5.41, 5.74) is 0.554. The number of tetrazole rings is 1. The van der Waals surface area contributed by atoms with Gasteiger partial charge in [0.1, 0.15) is 12.4 Å². The molecule has 2 N–H and O–H groups in total. The number of aromatic nitrogens is 4. The van der Waals surface area contributed by atoms with E-state index in [0.717, 1.165) is 0 Å². The van der Waals surface area contributed by atoms with Crippen LogP contribution in [0, 0.1) is 0 Å². The molecule has 0 saturated heterocycles. The van der Waals surface area contributed by atoms with E-state index < -0.39 is 10.0 Å². The molecule has 0 bridgehead atoms. The lowest BCUT2D eigenvalue weighted by Gasteiger charge is -2.09. The van der Waals surface area contributed by atoms with Crippen LogP contribution < -0.4 is 9.88 Å². The third-order valence-corrected chi connectivity index (χ3v) is 4.65. The van der Waals surface area contributed by atoms with E-state index in [4.69, 9.17) is 33.1 Å². The minimum Gasteiger partial charge on any atom is -0.484 e. The van der Waals surface area contributed by atoms with Crippen LogP contribution in [-0.4, -0.2) is 28.6 Å². The lowest BCUT2D eigenvalue weighted by Crippen LogP contribution is -2.12. The zero-order chi connectivity index (χ0) is 18.0. The fourth-order valence-electron chi connectivity index (χ4n) is 2.01. The highest BCUT2D eigenvalue weighted by atomic mass is 35.5. The van der Waals surface area contributed by atoms with Crippen LogP contribution in [0.25, 0.3) is 5.69 Å². The van der Waals surface area contributed by atoms with Crippen molar-refractivity contribution < 1.29 is 13.2 Å². The number of nitrogens with two attached hydrogens (primary N) is 1. The summed E-state index contributed by atoms with van der Waals surface area (Å²) in [5.74, 6) is 0.833. The Morgan fingerprint density at radius 2 is 1.84 bits per heavy atom. The average molecular weight is 400 g/mol. The molecule has 1 heterocycles. The smallest absolute Gasteiger partial charge is 0.238 e. The van der Waals surface area contributed by atoms with Crippen LogP contribution in [0.2, 0.25) is 10.0 Å². The van der Waals surface area contributed by atoms with Crippen LogP contribution in [0.5, 0.6) is 5.75 Å². The molecule has 25 heavy (non-hydrogen) atoms. The van der Waals surface area contributed by atoms with Crippen molar-refractivity contribution in [1.82, 2.24) is 20.2 Å². The van der Waals surface area contributed by atoms with E-state index in [2.05, 4.69) is 15.5 Å². The van der Waals surface area contributed by atoms with Crippen molar-refractivity contribution >= 4 is 33.2 Å². The number of hydrogen-bond donors (Lipinski definition) is 1. The van der Waals surface area contributed by atoms with Gasteiger partial charge in [-0.15, -0.1) is 5.10 Å². The lowest BCUT2D eigenvalue weighted by atomic mass is 10.3. The molecule has 2 aromatic carbocycles. The number of sulfonamides is 1. The van der Waals surface area contributed by atoms with E-state index >= 15 is 0 Å². The van der Waals surface area contributed by atoms with E-state index in [1.54, 1.807) is 18.2 Å². The van der Waals surface area contributed by atoms with Crippen molar-refractivity contribution in [3.8, 4) is 11.4 Å². The summed E-state index contributed by atoms with van der Waals surface area (Å²) in [4.78, 5) is -0.00456. The monoisotopic (exact) mass is 399 g/mol. The van der Waals surface area contributed by atoms with Gasteiger partial charge in [-0.1, -0.05) is 23.2 Å². The maximum absolute atomic E-state index is 11.3. The molecule has 0 saturated carbocycles. The largest absolute Gasteiger partial charge is 0.484 e. The van der Waals surface area contributed by atoms with Crippen molar-refractivity contribution in [3.05, 3.63) is 58.3 Å². The summed E-state index contributed by atoms with van der Waals surface area (Å²) in [6.07, 6.45) is 0. The number of hydrogen-bond acceptors (Lipinski definition) is 6. The van der Waals surface area contributed by atoms with Gasteiger partial charge in [-0.3, -0.25) is 0 Å². The highest BCUT2D eigenvalue weighted by Crippen LogP contribution is 2.28. The Labute approximate surface area is 153 Å². The van der Waals surface area contributed by atoms with Gasteiger partial charge in [0.2, 0.25) is 10.0 Å². The molecule has 0 radical (unpaired) electrons. The molecule has 0 atom stereocenters. The van der Waals surface area contributed by atoms with Crippen LogP contribution in [0.3, 0.4) is 0 Å². The van der Waals surface area contributed by atoms with Gasteiger partial charge in [0.15, 0.2) is 5.82 Å². The van der Waals surface area contributed by atoms with E-state index in [9.17, 15) is 8.42 Å². The first-order chi connectivity index (χ1) is 11.8. The fourth-order valence-corrected chi connectivity index (χ4v) is 2.99. The molecule has 11 heteroatoms. The molecule has 1 aromatic heterocycles. The van der Waals surface area contributed by atoms with Crippen LogP contribution >= 0.6 is 23.2 Å². The summed E-state index contributed by atoms with van der Waals surface area (Å²) in [6, 6.07) is 10.7. The number of primary sulfonamides is 1. The molecular formula is C14H11Cl2N5O3S. The van der Waals surface area contributed by atoms with Crippen LogP contribution in [0.4, 0.5) is 0 Å². The number of ether oxygens (including phenoxy) is 1. The van der Waals surface area contributed by atoms with Gasteiger partial charge in [0.05, 0.1) is 15.6 Å². The molecule has 3 aromatic rings. The molecule has 0 aliphatic heterocycles. The molecular weight excluding hydrogens is 389 g/mol. The summed E-state index contributed by atoms with van der Waals surface area (Å²) in [5, 5.41) is 17.3. The maximum Gasteiger partial charge on any atom is 0.238 e. The molecule has 0 spiro atoms. The first kappa shape index (κ1) is 17.6. The highest BCUT2D eigenvalue weighted by Gasteiger charge is 2.12. The summed E-state index contributed by atoms with van der Waals surface area (Å²) in [7, 11) is -3.76. The summed E-state index contributed by atoms with van der Waals surface area (Å²) in [6.45, 7) is 0.0469. The van der Waals surface area contributed by atoms with Gasteiger partial charge in [-0.25, -0.2) is 13.6 Å². The van der Waals surface area contributed by atoms with Crippen molar-refractivity contribution in [2.24, 2.45) is 5.14 Å². The first-order valence-corrected chi connectivity index (χ1v) is 9.13. The quantitative estimate of drug-likeness (QED) is 0.703. The minimum absolute atomic E-state index is 0.00456. The SMILES string of the molecule is NS(=O)(=O)c1ccc(-n2nnnc2COc2ccc(Cl)cc2Cl)cc1. The first-order valence-electron chi connectivity index (χ1n) is 6.83. The Balaban J connectivity index is 1.81. The summed E-state index contributed by atoms with van der Waals surface area (Å²) >= 11 is 11.9. The van der Waals surface area contributed by atoms with Gasteiger partial charge in [-0.2, -0.15) is 4.68 Å². The van der Waals surface area contributed by atoms with E-state index in [1.807, 2.05) is 0 Å². The van der Waals surface area contributed by atoms with E-state index in [1.165, 1.54) is 28.9 Å². The third-order valence-electron chi connectivity index (χ3n) is 3.19. The molecule has 0 aliphatic carbocycles. The number of rotatable bonds is 5. The molecule has 0 amide bonds. The second kappa shape index (κ2) is 6.96. The second-order valence-corrected chi connectivity index (χ2v) is 7.31. The fraction of sp³-hybridized carbons (Fsp3) is 0.0714. The van der Waals surface area contributed by atoms with Crippen molar-refractivity contribution in [2.45, 2.75) is 11.5 Å². The van der Waals surface area contributed by atoms with Crippen LogP contribution in [0.15, 0.2) is 47.4 Å². The van der Waals surface area contributed by atoms with E-state index in [0.29, 0.717) is 27.3 Å². The van der Waals surface area contributed by atoms with Gasteiger partial charge in [-0.05, 0) is 52.9 Å². The Hall–Kier alpha value is -2.20. The van der Waals surface area contributed by atoms with Crippen molar-refractivity contribution in [2.75, 3.05) is 0 Å². The molecule has 130 valence electrons. The topological polar surface area (TPSA) is 113 Å². The Morgan fingerprint density at radius 1 is 1.12 bits per heavy atom. The minimum atomic E-state index is -3.76. The Morgan fingerprint density at radius 3 is 2.48 bits per heavy atom. The standard InChI is InChI=1S/C14H11Cl2N5O3S/c15-9-1-6-13(12(16)7-9)24-8-14-18-19-20-21(14)10-2-4-11(5-3-10)25(17,22)23/h1-7H,8H2,(H2,17,22,23). The van der Waals surface area contributed by atoms with Gasteiger partial charge < -0.3 is 4.74 Å². The molecule has 8 nitrogen and oxygen atoms in total. The van der Waals surface area contributed by atoms with Gasteiger partial charge in [0, 0.05) is 5.02 Å². The third kappa shape index (κ3) is 4.07. The molecule has 0 fully saturated rings. The van der Waals surface area contributed by atoms with Crippen molar-refractivity contribution in [1.29, 1.82) is 0 Å². The lowest BCUT2D eigenvalue weighted by molar-refractivity contribution is 0.292. The Bertz CT molecular complexity index is 1010. The molecule has 3 rings (SSSR count). The maximum atomic E-state index is 11.3. The van der Waals surface area contributed by atoms with Gasteiger partial charge in [0.25, 0.3) is 0 Å². The number of nitrogens with zero attached hydrogens (tertiary/aromatic N) is 4. The van der Waals surface area contributed by atoms with Crippen LogP contribution in [-0.2, 0) is 16.6 Å². The van der Waals surface area contributed by atoms with Crippen LogP contribution in [0.1, 0.15) is 5.82 Å². The van der Waals surface area contributed by atoms with Gasteiger partial charge >= 0.3 is 0 Å². The zero-order valence-electron chi connectivity index (χ0n) is 12.5. The average Bonchev–Trinajstić information content (AvgIpc) is 3.02. The number of halogens is 2. The van der Waals surface area contributed by atoms with E-state index in [-0.39, 0.29) is 11.5 Å². The molecule has 0 aliphatic rings. The summed E-state index contributed by atoms with van der Waals surface area (Å²) < 4.78 is 29.6. The number of benzene rings is 2. The molecule has 0 unspecified atom stereocenters. The predicted molar refractivity (Wildman–Crippen MR) is 91.3 cm³/mol. The zero-order valence-corrected chi connectivity index (χ0v) is 14.8. The van der Waals surface area contributed by atoms with Crippen molar-refractivity contribution in [3.63, 3.8) is 0 Å². The normalized spacial score (nSPS) is 11.5. The second-order valence-electron chi connectivity index (χ2n) is 4.91.